The van der Waals surface area contributed by atoms with Crippen LogP contribution in [0, 0.1) is 6.92 Å². The molecule has 2 heteroatoms. The molecule has 1 aliphatic rings. The minimum absolute atomic E-state index is 0.0537. The van der Waals surface area contributed by atoms with E-state index in [2.05, 4.69) is 69.0 Å². The van der Waals surface area contributed by atoms with Gasteiger partial charge in [-0.1, -0.05) is 66.8 Å². The first-order valence-electron chi connectivity index (χ1n) is 9.22. The van der Waals surface area contributed by atoms with Gasteiger partial charge in [0.25, 0.3) is 0 Å². The van der Waals surface area contributed by atoms with Crippen LogP contribution in [0.2, 0.25) is 0 Å². The minimum Gasteiger partial charge on any atom is -0.290 e. The smallest absolute Gasteiger partial charge is 0.173 e. The van der Waals surface area contributed by atoms with Crippen LogP contribution in [-0.2, 0) is 22.0 Å². The first kappa shape index (κ1) is 20.1. The van der Waals surface area contributed by atoms with E-state index in [1.165, 1.54) is 40.7 Å². The third kappa shape index (κ3) is 4.50. The predicted molar refractivity (Wildman–Crippen MR) is 112 cm³/mol. The Morgan fingerprint density at radius 1 is 1.04 bits per heavy atom. The SMILES string of the molecule is C/C(=C\C=C(/C)C(=O)P)Cc1cc2c(cc1C)C(C)(C)CCC2(C)C. The van der Waals surface area contributed by atoms with Crippen molar-refractivity contribution in [3.8, 4) is 0 Å². The van der Waals surface area contributed by atoms with Crippen LogP contribution in [0.1, 0.15) is 76.6 Å². The average molecular weight is 356 g/mol. The van der Waals surface area contributed by atoms with Gasteiger partial charge in [0.1, 0.15) is 0 Å². The molecule has 1 nitrogen and oxygen atoms in total. The molecule has 0 saturated carbocycles. The van der Waals surface area contributed by atoms with Crippen molar-refractivity contribution in [2.75, 3.05) is 0 Å². The normalized spacial score (nSPS) is 19.5. The molecule has 0 N–H and O–H groups in total. The van der Waals surface area contributed by atoms with Crippen molar-refractivity contribution >= 4 is 14.8 Å². The van der Waals surface area contributed by atoms with E-state index in [0.717, 1.165) is 12.0 Å². The zero-order chi connectivity index (χ0) is 19.0. The highest BCUT2D eigenvalue weighted by Gasteiger charge is 2.37. The molecule has 0 fully saturated rings. The van der Waals surface area contributed by atoms with Gasteiger partial charge in [-0.3, -0.25) is 4.79 Å². The minimum atomic E-state index is 0.0537. The summed E-state index contributed by atoms with van der Waals surface area (Å²) in [6.45, 7) is 15.7. The number of fused-ring (bicyclic) bond motifs is 1. The fraction of sp³-hybridized carbons (Fsp3) is 0.522. The lowest BCUT2D eigenvalue weighted by Gasteiger charge is -2.42. The molecule has 1 atom stereocenters. The third-order valence-corrected chi connectivity index (χ3v) is 6.24. The van der Waals surface area contributed by atoms with E-state index < -0.39 is 0 Å². The van der Waals surface area contributed by atoms with Gasteiger partial charge in [-0.25, -0.2) is 0 Å². The van der Waals surface area contributed by atoms with Gasteiger partial charge in [0.2, 0.25) is 0 Å². The van der Waals surface area contributed by atoms with Gasteiger partial charge >= 0.3 is 0 Å². The average Bonchev–Trinajstić information content (AvgIpc) is 2.51. The number of hydrogen-bond acceptors (Lipinski definition) is 1. The summed E-state index contributed by atoms with van der Waals surface area (Å²) in [6, 6.07) is 4.87. The van der Waals surface area contributed by atoms with E-state index in [1.807, 2.05) is 13.0 Å². The van der Waals surface area contributed by atoms with Gasteiger partial charge in [0, 0.05) is 0 Å². The van der Waals surface area contributed by atoms with Crippen LogP contribution < -0.4 is 0 Å². The maximum absolute atomic E-state index is 11.3. The van der Waals surface area contributed by atoms with Gasteiger partial charge in [-0.2, -0.15) is 0 Å². The lowest BCUT2D eigenvalue weighted by atomic mass is 9.62. The molecule has 0 amide bonds. The van der Waals surface area contributed by atoms with Crippen molar-refractivity contribution in [3.05, 3.63) is 57.7 Å². The van der Waals surface area contributed by atoms with Crippen LogP contribution in [-0.4, -0.2) is 5.52 Å². The Labute approximate surface area is 156 Å². The van der Waals surface area contributed by atoms with Crippen molar-refractivity contribution in [1.29, 1.82) is 0 Å². The van der Waals surface area contributed by atoms with Crippen LogP contribution in [0.3, 0.4) is 0 Å². The highest BCUT2D eigenvalue weighted by Crippen LogP contribution is 2.46. The first-order chi connectivity index (χ1) is 11.4. The van der Waals surface area contributed by atoms with Crippen LogP contribution in [0.5, 0.6) is 0 Å². The lowest BCUT2D eigenvalue weighted by molar-refractivity contribution is -0.107. The van der Waals surface area contributed by atoms with E-state index in [-0.39, 0.29) is 16.4 Å². The summed E-state index contributed by atoms with van der Waals surface area (Å²) in [5.74, 6) is 0. The highest BCUT2D eigenvalue weighted by molar-refractivity contribution is 7.41. The summed E-state index contributed by atoms with van der Waals surface area (Å²) in [6.07, 6.45) is 7.42. The van der Waals surface area contributed by atoms with Gasteiger partial charge in [-0.15, -0.1) is 0 Å². The summed E-state index contributed by atoms with van der Waals surface area (Å²) in [5, 5.41) is 0. The van der Waals surface area contributed by atoms with Gasteiger partial charge in [-0.05, 0) is 78.7 Å². The monoisotopic (exact) mass is 356 g/mol. The van der Waals surface area contributed by atoms with Gasteiger partial charge in [0.15, 0.2) is 5.52 Å². The quantitative estimate of drug-likeness (QED) is 0.357. The van der Waals surface area contributed by atoms with Crippen molar-refractivity contribution in [2.24, 2.45) is 0 Å². The molecule has 1 aliphatic carbocycles. The number of rotatable bonds is 4. The molecular formula is C23H33OP. The summed E-state index contributed by atoms with van der Waals surface area (Å²) in [7, 11) is 2.23. The zero-order valence-corrected chi connectivity index (χ0v) is 18.1. The molecule has 0 radical (unpaired) electrons. The molecule has 0 bridgehead atoms. The Hall–Kier alpha value is -1.20. The molecule has 0 spiro atoms. The molecule has 0 aliphatic heterocycles. The third-order valence-electron chi connectivity index (χ3n) is 5.79. The van der Waals surface area contributed by atoms with Crippen LogP contribution in [0.25, 0.3) is 0 Å². The lowest BCUT2D eigenvalue weighted by Crippen LogP contribution is -2.34. The van der Waals surface area contributed by atoms with Crippen LogP contribution in [0.4, 0.5) is 0 Å². The van der Waals surface area contributed by atoms with Crippen LogP contribution in [0.15, 0.2) is 35.4 Å². The van der Waals surface area contributed by atoms with Crippen molar-refractivity contribution in [1.82, 2.24) is 0 Å². The van der Waals surface area contributed by atoms with Gasteiger partial charge < -0.3 is 0 Å². The maximum Gasteiger partial charge on any atom is 0.173 e. The molecule has 1 aromatic carbocycles. The number of aryl methyl sites for hydroxylation is 1. The molecule has 1 aromatic rings. The van der Waals surface area contributed by atoms with E-state index in [0.29, 0.717) is 0 Å². The first-order valence-corrected chi connectivity index (χ1v) is 9.80. The van der Waals surface area contributed by atoms with E-state index >= 15 is 0 Å². The number of carbonyl (C=O) groups excluding carboxylic acids is 1. The van der Waals surface area contributed by atoms with Gasteiger partial charge in [0.05, 0.1) is 0 Å². The van der Waals surface area contributed by atoms with E-state index in [4.69, 9.17) is 0 Å². The Bertz CT molecular complexity index is 748. The summed E-state index contributed by atoms with van der Waals surface area (Å²) >= 11 is 0. The Morgan fingerprint density at radius 3 is 2.08 bits per heavy atom. The zero-order valence-electron chi connectivity index (χ0n) is 16.9. The Balaban J connectivity index is 2.40. The molecule has 136 valence electrons. The topological polar surface area (TPSA) is 17.1 Å². The number of carbonyl (C=O) groups is 1. The van der Waals surface area contributed by atoms with Crippen LogP contribution >= 0.6 is 9.24 Å². The summed E-state index contributed by atoms with van der Waals surface area (Å²) < 4.78 is 0. The highest BCUT2D eigenvalue weighted by atomic mass is 31.0. The van der Waals surface area contributed by atoms with Crippen molar-refractivity contribution in [2.45, 2.75) is 78.6 Å². The number of hydrogen-bond donors (Lipinski definition) is 0. The van der Waals surface area contributed by atoms with Crippen molar-refractivity contribution < 1.29 is 4.79 Å². The van der Waals surface area contributed by atoms with E-state index in [9.17, 15) is 4.79 Å². The molecular weight excluding hydrogens is 323 g/mol. The molecule has 0 saturated heterocycles. The maximum atomic E-state index is 11.3. The van der Waals surface area contributed by atoms with Crippen molar-refractivity contribution in [3.63, 3.8) is 0 Å². The largest absolute Gasteiger partial charge is 0.290 e. The van der Waals surface area contributed by atoms with E-state index in [1.54, 1.807) is 0 Å². The number of benzene rings is 1. The summed E-state index contributed by atoms with van der Waals surface area (Å²) in [5.41, 5.74) is 8.43. The molecule has 0 aromatic heterocycles. The fourth-order valence-electron chi connectivity index (χ4n) is 3.67. The molecule has 2 rings (SSSR count). The summed E-state index contributed by atoms with van der Waals surface area (Å²) in [4.78, 5) is 11.3. The second kappa shape index (κ2) is 7.20. The Morgan fingerprint density at radius 2 is 1.56 bits per heavy atom. The standard InChI is InChI=1S/C23H33OP/c1-15(8-9-16(2)21(24)25)12-18-14-20-19(13-17(18)3)22(4,5)10-11-23(20,6)7/h8-9,13-14H,10-12,25H2,1-7H3/b15-8+,16-9+. The number of allylic oxidation sites excluding steroid dienone is 4. The molecule has 0 heterocycles. The second-order valence-corrected chi connectivity index (χ2v) is 9.52. The second-order valence-electron chi connectivity index (χ2n) is 9.00. The molecule has 1 unspecified atom stereocenters. The fourth-order valence-corrected chi connectivity index (χ4v) is 3.76. The predicted octanol–water partition coefficient (Wildman–Crippen LogP) is 6.18. The Kier molecular flexibility index (Phi) is 5.79. The molecule has 25 heavy (non-hydrogen) atoms.